The van der Waals surface area contributed by atoms with Crippen LogP contribution in [-0.4, -0.2) is 47.0 Å². The summed E-state index contributed by atoms with van der Waals surface area (Å²) < 4.78 is 0. The molecule has 1 amide bonds. The Balaban J connectivity index is 1.50. The maximum Gasteiger partial charge on any atom is 0.228 e. The molecule has 7 heteroatoms. The molecule has 1 saturated heterocycles. The number of pyridine rings is 1. The van der Waals surface area contributed by atoms with Crippen LogP contribution in [0.3, 0.4) is 0 Å². The molecule has 128 valence electrons. The van der Waals surface area contributed by atoms with Crippen LogP contribution >= 0.6 is 11.3 Å². The van der Waals surface area contributed by atoms with Gasteiger partial charge in [0.15, 0.2) is 5.13 Å². The van der Waals surface area contributed by atoms with E-state index >= 15 is 0 Å². The van der Waals surface area contributed by atoms with Crippen LogP contribution in [0.5, 0.6) is 0 Å². The average Bonchev–Trinajstić information content (AvgIpc) is 3.03. The summed E-state index contributed by atoms with van der Waals surface area (Å²) in [6.45, 7) is 8.50. The highest BCUT2D eigenvalue weighted by Crippen LogP contribution is 2.19. The average molecular weight is 345 g/mol. The number of amides is 1. The molecule has 0 aliphatic carbocycles. The van der Waals surface area contributed by atoms with E-state index in [1.54, 1.807) is 0 Å². The summed E-state index contributed by atoms with van der Waals surface area (Å²) in [7, 11) is 0. The lowest BCUT2D eigenvalue weighted by atomic mass is 10.2. The Kier molecular flexibility index (Phi) is 5.42. The van der Waals surface area contributed by atoms with E-state index in [1.165, 1.54) is 11.3 Å². The van der Waals surface area contributed by atoms with Gasteiger partial charge in [-0.05, 0) is 12.1 Å². The van der Waals surface area contributed by atoms with Gasteiger partial charge in [-0.1, -0.05) is 19.9 Å². The number of hydrogen-bond donors (Lipinski definition) is 1. The van der Waals surface area contributed by atoms with Crippen molar-refractivity contribution in [1.29, 1.82) is 0 Å². The van der Waals surface area contributed by atoms with E-state index < -0.39 is 0 Å². The summed E-state index contributed by atoms with van der Waals surface area (Å²) in [5.41, 5.74) is 1.02. The maximum atomic E-state index is 11.7. The molecule has 1 aliphatic heterocycles. The van der Waals surface area contributed by atoms with Crippen LogP contribution in [0.4, 0.5) is 10.9 Å². The molecular formula is C17H23N5OS. The number of piperazine rings is 1. The van der Waals surface area contributed by atoms with E-state index in [1.807, 2.05) is 37.6 Å². The third-order valence-electron chi connectivity index (χ3n) is 4.04. The highest BCUT2D eigenvalue weighted by molar-refractivity contribution is 7.13. The van der Waals surface area contributed by atoms with Crippen molar-refractivity contribution in [2.75, 3.05) is 36.4 Å². The molecule has 0 bridgehead atoms. The molecule has 0 atom stereocenters. The summed E-state index contributed by atoms with van der Waals surface area (Å²) in [4.78, 5) is 25.4. The van der Waals surface area contributed by atoms with Gasteiger partial charge in [0.05, 0.1) is 5.69 Å². The largest absolute Gasteiger partial charge is 0.354 e. The Morgan fingerprint density at radius 2 is 2.08 bits per heavy atom. The van der Waals surface area contributed by atoms with Crippen LogP contribution in [0.2, 0.25) is 0 Å². The quantitative estimate of drug-likeness (QED) is 0.902. The number of nitrogens with one attached hydrogen (secondary N) is 1. The predicted octanol–water partition coefficient (Wildman–Crippen LogP) is 2.45. The first-order valence-corrected chi connectivity index (χ1v) is 9.13. The minimum atomic E-state index is -0.0305. The van der Waals surface area contributed by atoms with Crippen molar-refractivity contribution in [3.8, 4) is 0 Å². The van der Waals surface area contributed by atoms with Crippen LogP contribution in [-0.2, 0) is 11.3 Å². The molecule has 1 N–H and O–H groups in total. The fraction of sp³-hybridized carbons (Fsp3) is 0.471. The Hall–Kier alpha value is -1.99. The van der Waals surface area contributed by atoms with Crippen LogP contribution in [0.25, 0.3) is 0 Å². The van der Waals surface area contributed by atoms with Crippen LogP contribution < -0.4 is 10.2 Å². The molecule has 0 radical (unpaired) electrons. The summed E-state index contributed by atoms with van der Waals surface area (Å²) in [6.07, 6.45) is 1.84. The van der Waals surface area contributed by atoms with Crippen molar-refractivity contribution in [2.45, 2.75) is 20.4 Å². The number of thiazole rings is 1. The normalized spacial score (nSPS) is 15.7. The molecule has 0 spiro atoms. The van der Waals surface area contributed by atoms with Gasteiger partial charge in [-0.25, -0.2) is 9.97 Å². The molecule has 3 rings (SSSR count). The lowest BCUT2D eigenvalue weighted by Gasteiger charge is -2.35. The molecule has 6 nitrogen and oxygen atoms in total. The van der Waals surface area contributed by atoms with Gasteiger partial charge in [0.2, 0.25) is 5.91 Å². The Labute approximate surface area is 146 Å². The Bertz CT molecular complexity index is 665. The molecular weight excluding hydrogens is 322 g/mol. The second-order valence-electron chi connectivity index (χ2n) is 6.24. The van der Waals surface area contributed by atoms with Gasteiger partial charge in [-0.2, -0.15) is 0 Å². The number of nitrogens with zero attached hydrogens (tertiary/aromatic N) is 4. The van der Waals surface area contributed by atoms with E-state index in [-0.39, 0.29) is 11.8 Å². The number of carbonyl (C=O) groups is 1. The molecule has 2 aromatic rings. The Morgan fingerprint density at radius 3 is 2.75 bits per heavy atom. The number of hydrogen-bond acceptors (Lipinski definition) is 6. The fourth-order valence-corrected chi connectivity index (χ4v) is 3.30. The van der Waals surface area contributed by atoms with E-state index in [0.29, 0.717) is 5.13 Å². The molecule has 1 fully saturated rings. The maximum absolute atomic E-state index is 11.7. The minimum absolute atomic E-state index is 0.0138. The molecule has 2 aromatic heterocycles. The van der Waals surface area contributed by atoms with E-state index in [9.17, 15) is 4.79 Å². The predicted molar refractivity (Wildman–Crippen MR) is 97.3 cm³/mol. The van der Waals surface area contributed by atoms with Crippen molar-refractivity contribution in [2.24, 2.45) is 5.92 Å². The molecule has 1 aliphatic rings. The third-order valence-corrected chi connectivity index (χ3v) is 4.84. The monoisotopic (exact) mass is 345 g/mol. The van der Waals surface area contributed by atoms with Gasteiger partial charge < -0.3 is 10.2 Å². The second kappa shape index (κ2) is 7.72. The SMILES string of the molecule is CC(C)C(=O)Nc1nc(CN2CCN(c3ccccn3)CC2)cs1. The first-order chi connectivity index (χ1) is 11.6. The first kappa shape index (κ1) is 16.9. The lowest BCUT2D eigenvalue weighted by molar-refractivity contribution is -0.118. The van der Waals surface area contributed by atoms with E-state index in [4.69, 9.17) is 0 Å². The van der Waals surface area contributed by atoms with Gasteiger partial charge in [-0.3, -0.25) is 9.69 Å². The highest BCUT2D eigenvalue weighted by Gasteiger charge is 2.19. The molecule has 0 saturated carbocycles. The lowest BCUT2D eigenvalue weighted by Crippen LogP contribution is -2.46. The number of anilines is 2. The van der Waals surface area contributed by atoms with Gasteiger partial charge >= 0.3 is 0 Å². The van der Waals surface area contributed by atoms with Crippen molar-refractivity contribution >= 4 is 28.2 Å². The summed E-state index contributed by atoms with van der Waals surface area (Å²) >= 11 is 1.49. The zero-order chi connectivity index (χ0) is 16.9. The molecule has 0 unspecified atom stereocenters. The van der Waals surface area contributed by atoms with Crippen LogP contribution in [0.15, 0.2) is 29.8 Å². The van der Waals surface area contributed by atoms with E-state index in [2.05, 4.69) is 31.2 Å². The Morgan fingerprint density at radius 1 is 1.29 bits per heavy atom. The zero-order valence-electron chi connectivity index (χ0n) is 14.1. The van der Waals surface area contributed by atoms with Crippen LogP contribution in [0, 0.1) is 5.92 Å². The fourth-order valence-electron chi connectivity index (χ4n) is 2.59. The number of carbonyl (C=O) groups excluding carboxylic acids is 1. The molecule has 3 heterocycles. The smallest absolute Gasteiger partial charge is 0.228 e. The standard InChI is InChI=1S/C17H23N5OS/c1-13(2)16(23)20-17-19-14(12-24-17)11-21-7-9-22(10-8-21)15-5-3-4-6-18-15/h3-6,12-13H,7-11H2,1-2H3,(H,19,20,23). The summed E-state index contributed by atoms with van der Waals surface area (Å²) in [5, 5.41) is 5.58. The topological polar surface area (TPSA) is 61.4 Å². The number of rotatable bonds is 5. The first-order valence-electron chi connectivity index (χ1n) is 8.25. The van der Waals surface area contributed by atoms with Gasteiger partial charge in [0.1, 0.15) is 5.82 Å². The molecule has 0 aromatic carbocycles. The van der Waals surface area contributed by atoms with Gasteiger partial charge in [0.25, 0.3) is 0 Å². The van der Waals surface area contributed by atoms with Crippen LogP contribution in [0.1, 0.15) is 19.5 Å². The summed E-state index contributed by atoms with van der Waals surface area (Å²) in [6, 6.07) is 6.02. The number of aromatic nitrogens is 2. The molecule has 24 heavy (non-hydrogen) atoms. The van der Waals surface area contributed by atoms with E-state index in [0.717, 1.165) is 44.2 Å². The van der Waals surface area contributed by atoms with Crippen molar-refractivity contribution in [3.63, 3.8) is 0 Å². The van der Waals surface area contributed by atoms with Crippen molar-refractivity contribution in [1.82, 2.24) is 14.9 Å². The van der Waals surface area contributed by atoms with Crippen molar-refractivity contribution < 1.29 is 4.79 Å². The minimum Gasteiger partial charge on any atom is -0.354 e. The third kappa shape index (κ3) is 4.30. The zero-order valence-corrected chi connectivity index (χ0v) is 14.9. The summed E-state index contributed by atoms with van der Waals surface area (Å²) in [5.74, 6) is 1.03. The van der Waals surface area contributed by atoms with Crippen molar-refractivity contribution in [3.05, 3.63) is 35.5 Å². The highest BCUT2D eigenvalue weighted by atomic mass is 32.1. The van der Waals surface area contributed by atoms with Gasteiger partial charge in [0, 0.05) is 50.2 Å². The second-order valence-corrected chi connectivity index (χ2v) is 7.10. The van der Waals surface area contributed by atoms with Gasteiger partial charge in [-0.15, -0.1) is 11.3 Å².